The van der Waals surface area contributed by atoms with Crippen LogP contribution in [0.4, 0.5) is 11.5 Å². The van der Waals surface area contributed by atoms with E-state index in [1.54, 1.807) is 49.6 Å². The molecule has 24 heavy (non-hydrogen) atoms. The molecule has 2 aromatic rings. The number of methoxy groups -OCH3 is 1. The summed E-state index contributed by atoms with van der Waals surface area (Å²) in [5.41, 5.74) is -1.24. The number of amides is 2. The van der Waals surface area contributed by atoms with Crippen molar-refractivity contribution < 1.29 is 19.1 Å². The van der Waals surface area contributed by atoms with Crippen molar-refractivity contribution in [1.82, 2.24) is 4.98 Å². The second-order valence-electron chi connectivity index (χ2n) is 5.48. The molecule has 7 heteroatoms. The van der Waals surface area contributed by atoms with E-state index in [0.29, 0.717) is 23.0 Å². The third-order valence-corrected chi connectivity index (χ3v) is 3.88. The molecule has 0 unspecified atom stereocenters. The van der Waals surface area contributed by atoms with Gasteiger partial charge in [-0.1, -0.05) is 12.1 Å². The molecule has 1 N–H and O–H groups in total. The van der Waals surface area contributed by atoms with Crippen molar-refractivity contribution in [3.8, 4) is 11.5 Å². The van der Waals surface area contributed by atoms with Crippen molar-refractivity contribution in [3.05, 3.63) is 42.6 Å². The van der Waals surface area contributed by atoms with Crippen LogP contribution in [0.3, 0.4) is 0 Å². The molecule has 7 nitrogen and oxygen atoms in total. The number of nitrogens with one attached hydrogen (secondary N) is 1. The van der Waals surface area contributed by atoms with Gasteiger partial charge in [0.1, 0.15) is 5.75 Å². The van der Waals surface area contributed by atoms with Gasteiger partial charge in [0.15, 0.2) is 11.6 Å². The molecule has 0 saturated heterocycles. The van der Waals surface area contributed by atoms with Gasteiger partial charge in [0.2, 0.25) is 0 Å². The number of nitrogens with zero attached hydrogens (tertiary/aromatic N) is 2. The summed E-state index contributed by atoms with van der Waals surface area (Å²) in [6.45, 7) is 1.44. The van der Waals surface area contributed by atoms with Crippen molar-refractivity contribution >= 4 is 23.3 Å². The highest BCUT2D eigenvalue weighted by Gasteiger charge is 2.50. The lowest BCUT2D eigenvalue weighted by molar-refractivity contribution is -0.145. The Morgan fingerprint density at radius 3 is 2.79 bits per heavy atom. The monoisotopic (exact) mass is 327 g/mol. The van der Waals surface area contributed by atoms with E-state index in [4.69, 9.17) is 9.47 Å². The third kappa shape index (κ3) is 2.44. The number of hydrogen-bond donors (Lipinski definition) is 1. The van der Waals surface area contributed by atoms with Crippen LogP contribution >= 0.6 is 0 Å². The highest BCUT2D eigenvalue weighted by atomic mass is 16.5. The highest BCUT2D eigenvalue weighted by molar-refractivity contribution is 6.19. The van der Waals surface area contributed by atoms with Crippen molar-refractivity contribution in [1.29, 1.82) is 0 Å². The second-order valence-corrected chi connectivity index (χ2v) is 5.48. The summed E-state index contributed by atoms with van der Waals surface area (Å²) in [6, 6.07) is 10.3. The fourth-order valence-electron chi connectivity index (χ4n) is 2.53. The second kappa shape index (κ2) is 5.84. The Kier molecular flexibility index (Phi) is 3.84. The van der Waals surface area contributed by atoms with E-state index >= 15 is 0 Å². The predicted molar refractivity (Wildman–Crippen MR) is 88.3 cm³/mol. The summed E-state index contributed by atoms with van der Waals surface area (Å²) >= 11 is 0. The number of rotatable bonds is 3. The molecule has 0 aliphatic carbocycles. The Morgan fingerprint density at radius 2 is 2.04 bits per heavy atom. The first-order valence-corrected chi connectivity index (χ1v) is 7.34. The van der Waals surface area contributed by atoms with Crippen LogP contribution in [0.1, 0.15) is 6.92 Å². The molecule has 1 aliphatic rings. The number of pyridine rings is 1. The van der Waals surface area contributed by atoms with Crippen molar-refractivity contribution in [2.45, 2.75) is 12.5 Å². The molecular weight excluding hydrogens is 310 g/mol. The van der Waals surface area contributed by atoms with Gasteiger partial charge in [-0.15, -0.1) is 0 Å². The molecule has 0 saturated carbocycles. The Morgan fingerprint density at radius 1 is 1.29 bits per heavy atom. The topological polar surface area (TPSA) is 80.8 Å². The number of carbonyl (C=O) groups excluding carboxylic acids is 2. The van der Waals surface area contributed by atoms with Gasteiger partial charge >= 0.3 is 0 Å². The van der Waals surface area contributed by atoms with Gasteiger partial charge < -0.3 is 14.8 Å². The molecule has 1 atom stereocenters. The van der Waals surface area contributed by atoms with Gasteiger partial charge in [-0.25, -0.2) is 4.98 Å². The Hall–Kier alpha value is -3.09. The van der Waals surface area contributed by atoms with E-state index in [1.807, 2.05) is 0 Å². The number of carbonyl (C=O) groups is 2. The summed E-state index contributed by atoms with van der Waals surface area (Å²) in [7, 11) is 3.07. The number of benzene rings is 1. The van der Waals surface area contributed by atoms with E-state index in [2.05, 4.69) is 10.3 Å². The first-order valence-electron chi connectivity index (χ1n) is 7.34. The first kappa shape index (κ1) is 15.8. The SMILES string of the molecule is COc1ccccc1NC(=O)[C@]1(C)Oc2cccnc2N(C)C1=O. The zero-order valence-electron chi connectivity index (χ0n) is 13.6. The molecule has 2 amide bonds. The molecule has 0 bridgehead atoms. The van der Waals surface area contributed by atoms with E-state index in [-0.39, 0.29) is 0 Å². The maximum absolute atomic E-state index is 12.8. The maximum Gasteiger partial charge on any atom is 0.281 e. The summed E-state index contributed by atoms with van der Waals surface area (Å²) in [4.78, 5) is 30.9. The average molecular weight is 327 g/mol. The van der Waals surface area contributed by atoms with Gasteiger partial charge in [0.25, 0.3) is 17.4 Å². The fraction of sp³-hybridized carbons (Fsp3) is 0.235. The Balaban J connectivity index is 1.93. The van der Waals surface area contributed by atoms with E-state index in [9.17, 15) is 9.59 Å². The van der Waals surface area contributed by atoms with Crippen LogP contribution in [0, 0.1) is 0 Å². The van der Waals surface area contributed by atoms with Gasteiger partial charge in [-0.05, 0) is 31.2 Å². The summed E-state index contributed by atoms with van der Waals surface area (Å²) in [5.74, 6) is 0.162. The maximum atomic E-state index is 12.8. The minimum absolute atomic E-state index is 0.372. The van der Waals surface area contributed by atoms with Crippen molar-refractivity contribution in [2.75, 3.05) is 24.4 Å². The number of hydrogen-bond acceptors (Lipinski definition) is 5. The number of likely N-dealkylation sites (N-methyl/N-ethyl adjacent to an activating group) is 1. The number of aromatic nitrogens is 1. The fourth-order valence-corrected chi connectivity index (χ4v) is 2.53. The summed E-state index contributed by atoms with van der Waals surface area (Å²) in [5, 5.41) is 2.70. The number of fused-ring (bicyclic) bond motifs is 1. The van der Waals surface area contributed by atoms with Crippen LogP contribution in [0.5, 0.6) is 11.5 Å². The van der Waals surface area contributed by atoms with Crippen molar-refractivity contribution in [2.24, 2.45) is 0 Å². The van der Waals surface area contributed by atoms with Crippen LogP contribution in [0.25, 0.3) is 0 Å². The number of ether oxygens (including phenoxy) is 2. The molecule has 1 aliphatic heterocycles. The lowest BCUT2D eigenvalue weighted by Crippen LogP contribution is -2.60. The van der Waals surface area contributed by atoms with Crippen LogP contribution in [0.2, 0.25) is 0 Å². The normalized spacial score (nSPS) is 19.3. The predicted octanol–water partition coefficient (Wildman–Crippen LogP) is 1.84. The standard InChI is InChI=1S/C17H17N3O4/c1-17(15(21)19-11-7-4-5-8-12(11)23-3)16(22)20(2)14-13(24-17)9-6-10-18-14/h4-10H,1-3H3,(H,19,21)/t17-/m0/s1. The van der Waals surface area contributed by atoms with Gasteiger partial charge in [-0.2, -0.15) is 0 Å². The first-order chi connectivity index (χ1) is 11.5. The lowest BCUT2D eigenvalue weighted by atomic mass is 10.0. The van der Waals surface area contributed by atoms with Crippen LogP contribution < -0.4 is 19.7 Å². The van der Waals surface area contributed by atoms with Crippen LogP contribution in [-0.4, -0.2) is 36.6 Å². The van der Waals surface area contributed by atoms with Gasteiger partial charge in [-0.3, -0.25) is 14.5 Å². The molecule has 3 rings (SSSR count). The van der Waals surface area contributed by atoms with E-state index in [0.717, 1.165) is 0 Å². The lowest BCUT2D eigenvalue weighted by Gasteiger charge is -2.36. The minimum Gasteiger partial charge on any atom is -0.495 e. The molecule has 2 heterocycles. The molecular formula is C17H17N3O4. The Bertz CT molecular complexity index is 808. The van der Waals surface area contributed by atoms with Crippen molar-refractivity contribution in [3.63, 3.8) is 0 Å². The third-order valence-electron chi connectivity index (χ3n) is 3.88. The molecule has 0 radical (unpaired) electrons. The molecule has 0 spiro atoms. The minimum atomic E-state index is -1.70. The smallest absolute Gasteiger partial charge is 0.281 e. The number of anilines is 2. The average Bonchev–Trinajstić information content (AvgIpc) is 2.60. The zero-order chi connectivity index (χ0) is 17.3. The van der Waals surface area contributed by atoms with Gasteiger partial charge in [0, 0.05) is 13.2 Å². The summed E-state index contributed by atoms with van der Waals surface area (Å²) in [6.07, 6.45) is 1.56. The molecule has 124 valence electrons. The molecule has 0 fully saturated rings. The van der Waals surface area contributed by atoms with E-state index in [1.165, 1.54) is 18.9 Å². The van der Waals surface area contributed by atoms with Crippen LogP contribution in [0.15, 0.2) is 42.6 Å². The van der Waals surface area contributed by atoms with Gasteiger partial charge in [0.05, 0.1) is 12.8 Å². The highest BCUT2D eigenvalue weighted by Crippen LogP contribution is 2.36. The zero-order valence-corrected chi connectivity index (χ0v) is 13.6. The quantitative estimate of drug-likeness (QED) is 0.870. The van der Waals surface area contributed by atoms with E-state index < -0.39 is 17.4 Å². The number of para-hydroxylation sites is 2. The molecule has 1 aromatic carbocycles. The Labute approximate surface area is 139 Å². The summed E-state index contributed by atoms with van der Waals surface area (Å²) < 4.78 is 10.9. The largest absolute Gasteiger partial charge is 0.495 e. The van der Waals surface area contributed by atoms with Crippen LogP contribution in [-0.2, 0) is 9.59 Å². The molecule has 1 aromatic heterocycles.